The molecule has 0 heteroatoms. The van der Waals surface area contributed by atoms with Gasteiger partial charge in [0.25, 0.3) is 0 Å². The predicted molar refractivity (Wildman–Crippen MR) is 105 cm³/mol. The largest absolute Gasteiger partial charge is 0.0683 e. The zero-order valence-corrected chi connectivity index (χ0v) is 15.9. The van der Waals surface area contributed by atoms with Crippen molar-refractivity contribution in [1.82, 2.24) is 0 Å². The zero-order valence-electron chi connectivity index (χ0n) is 15.9. The van der Waals surface area contributed by atoms with Gasteiger partial charge in [0, 0.05) is 0 Å². The lowest BCUT2D eigenvalue weighted by Crippen LogP contribution is -2.10. The van der Waals surface area contributed by atoms with E-state index >= 15 is 0 Å². The number of aryl methyl sites for hydroxylation is 3. The molecule has 0 unspecified atom stereocenters. The third kappa shape index (κ3) is 2.35. The van der Waals surface area contributed by atoms with Gasteiger partial charge in [-0.2, -0.15) is 0 Å². The van der Waals surface area contributed by atoms with Crippen molar-refractivity contribution < 1.29 is 0 Å². The topological polar surface area (TPSA) is 0 Å². The Kier molecular flexibility index (Phi) is 3.33. The van der Waals surface area contributed by atoms with E-state index in [1.165, 1.54) is 46.2 Å². The third-order valence-corrected chi connectivity index (χ3v) is 5.96. The molecule has 24 heavy (non-hydrogen) atoms. The Morgan fingerprint density at radius 3 is 2.25 bits per heavy atom. The molecular weight excluding hydrogens is 288 g/mol. The average Bonchev–Trinajstić information content (AvgIpc) is 2.97. The summed E-state index contributed by atoms with van der Waals surface area (Å²) in [6, 6.07) is 7.28. The molecule has 0 heterocycles. The zero-order chi connectivity index (χ0) is 17.2. The molecule has 4 rings (SSSR count). The summed E-state index contributed by atoms with van der Waals surface area (Å²) in [4.78, 5) is 0. The van der Waals surface area contributed by atoms with Crippen molar-refractivity contribution in [3.63, 3.8) is 0 Å². The monoisotopic (exact) mass is 316 g/mol. The lowest BCUT2D eigenvalue weighted by molar-refractivity contribution is 0.393. The minimum atomic E-state index is 0.387. The molecule has 0 bridgehead atoms. The molecule has 0 N–H and O–H groups in total. The minimum Gasteiger partial charge on any atom is -0.0683 e. The van der Waals surface area contributed by atoms with Crippen LogP contribution in [0.3, 0.4) is 0 Å². The summed E-state index contributed by atoms with van der Waals surface area (Å²) in [5.41, 5.74) is 15.4. The van der Waals surface area contributed by atoms with Crippen LogP contribution in [0.4, 0.5) is 0 Å². The van der Waals surface area contributed by atoms with E-state index in [2.05, 4.69) is 65.8 Å². The van der Waals surface area contributed by atoms with Gasteiger partial charge in [-0.05, 0) is 102 Å². The molecule has 2 aromatic carbocycles. The van der Waals surface area contributed by atoms with Gasteiger partial charge < -0.3 is 0 Å². The van der Waals surface area contributed by atoms with E-state index in [9.17, 15) is 0 Å². The van der Waals surface area contributed by atoms with Gasteiger partial charge in [0.15, 0.2) is 0 Å². The van der Waals surface area contributed by atoms with Crippen LogP contribution in [-0.2, 0) is 19.3 Å². The molecule has 0 radical (unpaired) electrons. The first kappa shape index (κ1) is 15.7. The molecule has 0 amide bonds. The first-order valence-corrected chi connectivity index (χ1v) is 9.18. The second-order valence-electron chi connectivity index (χ2n) is 8.89. The first-order chi connectivity index (χ1) is 11.2. The molecule has 0 spiro atoms. The third-order valence-electron chi connectivity index (χ3n) is 5.96. The predicted octanol–water partition coefficient (Wildman–Crippen LogP) is 6.36. The van der Waals surface area contributed by atoms with Crippen LogP contribution in [0.15, 0.2) is 23.8 Å². The Morgan fingerprint density at radius 1 is 0.792 bits per heavy atom. The van der Waals surface area contributed by atoms with Crippen molar-refractivity contribution in [3.8, 4) is 11.1 Å². The van der Waals surface area contributed by atoms with Crippen LogP contribution in [0, 0.1) is 26.2 Å². The van der Waals surface area contributed by atoms with Crippen LogP contribution in [0.25, 0.3) is 17.2 Å². The Bertz CT molecular complexity index is 891. The van der Waals surface area contributed by atoms with Crippen LogP contribution in [0.5, 0.6) is 0 Å². The summed E-state index contributed by atoms with van der Waals surface area (Å²) in [5, 5.41) is 0. The van der Waals surface area contributed by atoms with Gasteiger partial charge >= 0.3 is 0 Å². The van der Waals surface area contributed by atoms with Crippen LogP contribution in [0.1, 0.15) is 59.7 Å². The van der Waals surface area contributed by atoms with Crippen LogP contribution in [-0.4, -0.2) is 0 Å². The summed E-state index contributed by atoms with van der Waals surface area (Å²) < 4.78 is 0. The number of rotatable bonds is 1. The second-order valence-corrected chi connectivity index (χ2v) is 8.89. The van der Waals surface area contributed by atoms with E-state index in [0.29, 0.717) is 5.41 Å². The molecule has 2 aromatic rings. The Labute approximate surface area is 146 Å². The van der Waals surface area contributed by atoms with E-state index in [0.717, 1.165) is 6.42 Å². The highest BCUT2D eigenvalue weighted by molar-refractivity contribution is 5.83. The number of fused-ring (bicyclic) bond motifs is 2. The van der Waals surface area contributed by atoms with Crippen molar-refractivity contribution in [1.29, 1.82) is 0 Å². The van der Waals surface area contributed by atoms with Crippen LogP contribution < -0.4 is 0 Å². The standard InChI is InChI=1S/C24H28/c1-14-7-18-11-19-12-24(5,6)13-22(19)23(21(18)8-14)20-10-16(3)15(2)9-17(20)4/h7,9-11H,8,12-13H2,1-6H3. The van der Waals surface area contributed by atoms with Crippen LogP contribution >= 0.6 is 0 Å². The number of benzene rings is 2. The highest BCUT2D eigenvalue weighted by atomic mass is 14.4. The summed E-state index contributed by atoms with van der Waals surface area (Å²) >= 11 is 0. The molecule has 0 saturated heterocycles. The van der Waals surface area contributed by atoms with E-state index in [1.54, 1.807) is 22.3 Å². The normalized spacial score (nSPS) is 17.7. The van der Waals surface area contributed by atoms with Gasteiger partial charge in [-0.3, -0.25) is 0 Å². The average molecular weight is 316 g/mol. The van der Waals surface area contributed by atoms with Gasteiger partial charge in [-0.15, -0.1) is 0 Å². The van der Waals surface area contributed by atoms with Crippen molar-refractivity contribution in [2.24, 2.45) is 5.41 Å². The van der Waals surface area contributed by atoms with E-state index in [4.69, 9.17) is 0 Å². The maximum absolute atomic E-state index is 2.48. The fraction of sp³-hybridized carbons (Fsp3) is 0.417. The summed E-state index contributed by atoms with van der Waals surface area (Å²) in [6.45, 7) is 13.8. The summed E-state index contributed by atoms with van der Waals surface area (Å²) in [5.74, 6) is 0. The lowest BCUT2D eigenvalue weighted by Gasteiger charge is -2.19. The molecule has 0 saturated carbocycles. The number of hydrogen-bond donors (Lipinski definition) is 0. The first-order valence-electron chi connectivity index (χ1n) is 9.18. The van der Waals surface area contributed by atoms with Crippen molar-refractivity contribution in [2.75, 3.05) is 0 Å². The van der Waals surface area contributed by atoms with Crippen LogP contribution in [0.2, 0.25) is 0 Å². The van der Waals surface area contributed by atoms with Gasteiger partial charge in [0.05, 0.1) is 0 Å². The molecular formula is C24H28. The molecule has 0 atom stereocenters. The Morgan fingerprint density at radius 2 is 1.50 bits per heavy atom. The SMILES string of the molecule is CC1=Cc2cc3c(c(-c4cc(C)c(C)cc4C)c2C1)CC(C)(C)C3. The fourth-order valence-corrected chi connectivity index (χ4v) is 4.73. The van der Waals surface area contributed by atoms with Crippen molar-refractivity contribution in [2.45, 2.75) is 60.8 Å². The smallest absolute Gasteiger partial charge is 0.00543 e. The summed E-state index contributed by atoms with van der Waals surface area (Å²) in [6.07, 6.45) is 5.93. The van der Waals surface area contributed by atoms with Gasteiger partial charge in [-0.25, -0.2) is 0 Å². The molecule has 2 aliphatic rings. The molecule has 2 aliphatic carbocycles. The molecule has 124 valence electrons. The number of allylic oxidation sites excluding steroid dienone is 1. The van der Waals surface area contributed by atoms with E-state index in [1.807, 2.05) is 0 Å². The number of hydrogen-bond acceptors (Lipinski definition) is 0. The maximum atomic E-state index is 2.48. The van der Waals surface area contributed by atoms with Crippen molar-refractivity contribution >= 4 is 6.08 Å². The van der Waals surface area contributed by atoms with E-state index < -0.39 is 0 Å². The molecule has 0 aliphatic heterocycles. The fourth-order valence-electron chi connectivity index (χ4n) is 4.73. The summed E-state index contributed by atoms with van der Waals surface area (Å²) in [7, 11) is 0. The van der Waals surface area contributed by atoms with Gasteiger partial charge in [0.2, 0.25) is 0 Å². The quantitative estimate of drug-likeness (QED) is 0.574. The van der Waals surface area contributed by atoms with E-state index in [-0.39, 0.29) is 0 Å². The van der Waals surface area contributed by atoms with Gasteiger partial charge in [0.1, 0.15) is 0 Å². The Balaban J connectivity index is 2.02. The van der Waals surface area contributed by atoms with Crippen molar-refractivity contribution in [3.05, 3.63) is 62.7 Å². The molecule has 0 aromatic heterocycles. The molecule has 0 fully saturated rings. The highest BCUT2D eigenvalue weighted by Gasteiger charge is 2.33. The second kappa shape index (κ2) is 5.09. The highest BCUT2D eigenvalue weighted by Crippen LogP contribution is 2.47. The Hall–Kier alpha value is -1.82. The lowest BCUT2D eigenvalue weighted by atomic mass is 9.85. The minimum absolute atomic E-state index is 0.387. The molecule has 0 nitrogen and oxygen atoms in total. The van der Waals surface area contributed by atoms with Gasteiger partial charge in [-0.1, -0.05) is 43.7 Å². The maximum Gasteiger partial charge on any atom is -0.00543 e.